The maximum atomic E-state index is 5.04. The quantitative estimate of drug-likeness (QED) is 0.193. The Morgan fingerprint density at radius 2 is 0.902 bits per heavy atom. The monoisotopic (exact) mass is 589 g/mol. The van der Waals surface area contributed by atoms with Gasteiger partial charge in [0.2, 0.25) is 0 Å². The Balaban J connectivity index is 1.36. The first-order chi connectivity index (χ1) is 20.3. The summed E-state index contributed by atoms with van der Waals surface area (Å²) in [5, 5.41) is 5.12. The van der Waals surface area contributed by atoms with Crippen LogP contribution in [0.3, 0.4) is 0 Å². The number of rotatable bonds is 4. The number of aromatic nitrogens is 3. The summed E-state index contributed by atoms with van der Waals surface area (Å²) in [5.41, 5.74) is 5.61. The van der Waals surface area contributed by atoms with Gasteiger partial charge in [0.05, 0.1) is 0 Å². The zero-order valence-electron chi connectivity index (χ0n) is 22.0. The van der Waals surface area contributed by atoms with E-state index in [4.69, 9.17) is 15.0 Å². The summed E-state index contributed by atoms with van der Waals surface area (Å²) in [7, 11) is 0. The third kappa shape index (κ3) is 4.25. The van der Waals surface area contributed by atoms with Gasteiger partial charge in [-0.1, -0.05) is 0 Å². The van der Waals surface area contributed by atoms with E-state index in [1.807, 2.05) is 36.4 Å². The number of fused-ring (bicyclic) bond motifs is 4. The molecule has 0 saturated carbocycles. The van der Waals surface area contributed by atoms with Gasteiger partial charge in [-0.25, -0.2) is 0 Å². The van der Waals surface area contributed by atoms with E-state index in [2.05, 4.69) is 103 Å². The summed E-state index contributed by atoms with van der Waals surface area (Å²) in [6.45, 7) is 0. The molecule has 0 fully saturated rings. The Bertz CT molecular complexity index is 2140. The standard InChI is InChI=1S/C37H23N3Se/c1-3-12-25(13-4-1)35-38-36(26-14-5-2-6-15-26)40-37(39-35)32-20-10-19-31-30-18-9-17-29(33(30)41-34(31)32)28-22-21-24-11-7-8-16-27(24)23-28/h1-23H. The first-order valence-electron chi connectivity index (χ1n) is 13.6. The molecule has 0 atom stereocenters. The number of hydrogen-bond donors (Lipinski definition) is 0. The Kier molecular flexibility index (Phi) is 5.81. The van der Waals surface area contributed by atoms with Crippen molar-refractivity contribution in [1.82, 2.24) is 15.0 Å². The summed E-state index contributed by atoms with van der Waals surface area (Å²) in [6.07, 6.45) is 0. The van der Waals surface area contributed by atoms with E-state index in [-0.39, 0.29) is 14.5 Å². The normalized spacial score (nSPS) is 11.4. The molecular weight excluding hydrogens is 565 g/mol. The van der Waals surface area contributed by atoms with Crippen LogP contribution < -0.4 is 0 Å². The first-order valence-corrected chi connectivity index (χ1v) is 15.3. The minimum absolute atomic E-state index is 0.0932. The van der Waals surface area contributed by atoms with E-state index in [1.165, 1.54) is 41.2 Å². The fraction of sp³-hybridized carbons (Fsp3) is 0. The second-order valence-electron chi connectivity index (χ2n) is 10.1. The molecule has 41 heavy (non-hydrogen) atoms. The maximum absolute atomic E-state index is 5.04. The molecule has 0 unspecified atom stereocenters. The molecule has 0 bridgehead atoms. The van der Waals surface area contributed by atoms with E-state index in [1.54, 1.807) is 0 Å². The molecule has 4 heteroatoms. The summed E-state index contributed by atoms with van der Waals surface area (Å²) in [4.78, 5) is 15.0. The number of hydrogen-bond acceptors (Lipinski definition) is 3. The van der Waals surface area contributed by atoms with Crippen LogP contribution in [0, 0.1) is 0 Å². The predicted octanol–water partition coefficient (Wildman–Crippen LogP) is 9.06. The predicted molar refractivity (Wildman–Crippen MR) is 171 cm³/mol. The Labute approximate surface area is 243 Å². The average Bonchev–Trinajstić information content (AvgIpc) is 3.44. The van der Waals surface area contributed by atoms with Crippen molar-refractivity contribution < 1.29 is 0 Å². The van der Waals surface area contributed by atoms with Crippen LogP contribution in [0.4, 0.5) is 0 Å². The molecular formula is C37H23N3Se. The molecule has 2 heterocycles. The molecule has 2 aromatic heterocycles. The summed E-state index contributed by atoms with van der Waals surface area (Å²) in [6, 6.07) is 49.0. The van der Waals surface area contributed by atoms with Crippen LogP contribution in [0.15, 0.2) is 140 Å². The molecule has 192 valence electrons. The Morgan fingerprint density at radius 1 is 0.366 bits per heavy atom. The minimum atomic E-state index is 0.0932. The molecule has 0 amide bonds. The van der Waals surface area contributed by atoms with E-state index in [9.17, 15) is 0 Å². The topological polar surface area (TPSA) is 38.7 Å². The molecule has 0 N–H and O–H groups in total. The van der Waals surface area contributed by atoms with Gasteiger partial charge in [0.25, 0.3) is 0 Å². The van der Waals surface area contributed by atoms with Crippen LogP contribution >= 0.6 is 0 Å². The number of benzene rings is 6. The average molecular weight is 589 g/mol. The van der Waals surface area contributed by atoms with Crippen LogP contribution in [-0.4, -0.2) is 29.5 Å². The zero-order valence-corrected chi connectivity index (χ0v) is 23.7. The fourth-order valence-electron chi connectivity index (χ4n) is 5.51. The molecule has 0 aliphatic rings. The van der Waals surface area contributed by atoms with Gasteiger partial charge in [0, 0.05) is 0 Å². The zero-order chi connectivity index (χ0) is 27.2. The second-order valence-corrected chi connectivity index (χ2v) is 12.2. The van der Waals surface area contributed by atoms with Gasteiger partial charge < -0.3 is 0 Å². The van der Waals surface area contributed by atoms with Gasteiger partial charge in [-0.3, -0.25) is 0 Å². The van der Waals surface area contributed by atoms with Crippen molar-refractivity contribution in [3.8, 4) is 45.3 Å². The van der Waals surface area contributed by atoms with Crippen LogP contribution in [0.2, 0.25) is 0 Å². The van der Waals surface area contributed by atoms with Gasteiger partial charge in [-0.2, -0.15) is 0 Å². The van der Waals surface area contributed by atoms with Crippen molar-refractivity contribution in [2.75, 3.05) is 0 Å². The molecule has 6 aromatic carbocycles. The van der Waals surface area contributed by atoms with Crippen LogP contribution in [0.1, 0.15) is 0 Å². The molecule has 0 radical (unpaired) electrons. The summed E-state index contributed by atoms with van der Waals surface area (Å²) < 4.78 is 2.74. The molecule has 8 aromatic rings. The van der Waals surface area contributed by atoms with Gasteiger partial charge in [-0.05, 0) is 0 Å². The van der Waals surface area contributed by atoms with Gasteiger partial charge in [0.15, 0.2) is 0 Å². The van der Waals surface area contributed by atoms with Crippen molar-refractivity contribution in [2.45, 2.75) is 0 Å². The van der Waals surface area contributed by atoms with E-state index < -0.39 is 0 Å². The molecule has 8 rings (SSSR count). The van der Waals surface area contributed by atoms with E-state index in [0.717, 1.165) is 22.5 Å². The molecule has 0 saturated heterocycles. The molecule has 0 spiro atoms. The summed E-state index contributed by atoms with van der Waals surface area (Å²) >= 11 is 0.0932. The molecule has 3 nitrogen and oxygen atoms in total. The fourth-order valence-corrected chi connectivity index (χ4v) is 8.33. The van der Waals surface area contributed by atoms with E-state index in [0.29, 0.717) is 11.6 Å². The molecule has 0 aliphatic heterocycles. The van der Waals surface area contributed by atoms with Gasteiger partial charge >= 0.3 is 244 Å². The van der Waals surface area contributed by atoms with Gasteiger partial charge in [0.1, 0.15) is 0 Å². The first kappa shape index (κ1) is 24.0. The van der Waals surface area contributed by atoms with Crippen LogP contribution in [-0.2, 0) is 0 Å². The third-order valence-corrected chi connectivity index (χ3v) is 10.2. The van der Waals surface area contributed by atoms with Crippen molar-refractivity contribution in [3.05, 3.63) is 140 Å². The Morgan fingerprint density at radius 3 is 1.56 bits per heavy atom. The van der Waals surface area contributed by atoms with Crippen LogP contribution in [0.25, 0.3) is 75.4 Å². The molecule has 0 aliphatic carbocycles. The van der Waals surface area contributed by atoms with E-state index >= 15 is 0 Å². The Hall–Kier alpha value is -4.89. The van der Waals surface area contributed by atoms with Crippen molar-refractivity contribution >= 4 is 44.6 Å². The SMILES string of the molecule is c1ccc(-c2nc(-c3ccccc3)nc(-c3cccc4c3[se]c3c(-c5ccc6ccccc6c5)cccc34)n2)cc1. The van der Waals surface area contributed by atoms with Crippen molar-refractivity contribution in [2.24, 2.45) is 0 Å². The van der Waals surface area contributed by atoms with Crippen molar-refractivity contribution in [3.63, 3.8) is 0 Å². The van der Waals surface area contributed by atoms with Crippen LogP contribution in [0.5, 0.6) is 0 Å². The van der Waals surface area contributed by atoms with Gasteiger partial charge in [-0.15, -0.1) is 0 Å². The van der Waals surface area contributed by atoms with Crippen molar-refractivity contribution in [1.29, 1.82) is 0 Å². The third-order valence-electron chi connectivity index (χ3n) is 7.53. The summed E-state index contributed by atoms with van der Waals surface area (Å²) in [5.74, 6) is 2.09. The number of nitrogens with zero attached hydrogens (tertiary/aromatic N) is 3. The second kappa shape index (κ2) is 9.94.